The van der Waals surface area contributed by atoms with Crippen LogP contribution in [-0.4, -0.2) is 20.7 Å². The van der Waals surface area contributed by atoms with E-state index in [1.807, 2.05) is 0 Å². The summed E-state index contributed by atoms with van der Waals surface area (Å²) in [6, 6.07) is 2.41. The molecule has 0 aliphatic heterocycles. The smallest absolute Gasteiger partial charge is 0.210 e. The maximum absolute atomic E-state index is 13.4. The third-order valence-electron chi connectivity index (χ3n) is 1.97. The van der Waals surface area contributed by atoms with Gasteiger partial charge in [-0.15, -0.1) is 0 Å². The molecule has 0 aliphatic rings. The molecule has 0 fully saturated rings. The summed E-state index contributed by atoms with van der Waals surface area (Å²) in [5.41, 5.74) is -0.0526. The molecule has 0 aliphatic carbocycles. The minimum Gasteiger partial charge on any atom is -0.379 e. The van der Waals surface area contributed by atoms with Crippen molar-refractivity contribution in [3.8, 4) is 0 Å². The molecule has 1 rings (SSSR count). The van der Waals surface area contributed by atoms with E-state index in [4.69, 9.17) is 5.14 Å². The second-order valence-electron chi connectivity index (χ2n) is 3.35. The molecule has 0 spiro atoms. The maximum Gasteiger partial charge on any atom is 0.210 e. The molecule has 0 saturated heterocycles. The number of halogens is 2. The Labute approximate surface area is 92.5 Å². The van der Waals surface area contributed by atoms with Gasteiger partial charge in [-0.2, -0.15) is 0 Å². The lowest BCUT2D eigenvalue weighted by Crippen LogP contribution is -2.23. The van der Waals surface area contributed by atoms with Gasteiger partial charge in [0.05, 0.1) is 5.75 Å². The number of aryl methyl sites for hydroxylation is 1. The molecule has 7 heteroatoms. The summed E-state index contributed by atoms with van der Waals surface area (Å²) < 4.78 is 47.8. The van der Waals surface area contributed by atoms with Crippen LogP contribution in [0.5, 0.6) is 0 Å². The molecule has 4 nitrogen and oxygen atoms in total. The van der Waals surface area contributed by atoms with Crippen molar-refractivity contribution in [1.29, 1.82) is 0 Å². The van der Waals surface area contributed by atoms with E-state index < -0.39 is 21.7 Å². The zero-order valence-corrected chi connectivity index (χ0v) is 9.44. The Kier molecular flexibility index (Phi) is 3.82. The molecule has 0 radical (unpaired) electrons. The van der Waals surface area contributed by atoms with E-state index in [1.165, 1.54) is 13.0 Å². The standard InChI is InChI=1S/C9H12F2N2O2S/c1-6-2-3-7(10)9(8(6)11)13-4-5-16(12,14)15/h2-3,13H,4-5H2,1H3,(H2,12,14,15). The summed E-state index contributed by atoms with van der Waals surface area (Å²) in [6.45, 7) is 1.34. The van der Waals surface area contributed by atoms with Crippen molar-refractivity contribution in [2.24, 2.45) is 5.14 Å². The quantitative estimate of drug-likeness (QED) is 0.836. The fourth-order valence-corrected chi connectivity index (χ4v) is 1.52. The first kappa shape index (κ1) is 12.9. The largest absolute Gasteiger partial charge is 0.379 e. The van der Waals surface area contributed by atoms with Crippen LogP contribution in [0.1, 0.15) is 5.56 Å². The van der Waals surface area contributed by atoms with Gasteiger partial charge in [-0.25, -0.2) is 22.3 Å². The van der Waals surface area contributed by atoms with E-state index in [1.54, 1.807) is 0 Å². The van der Waals surface area contributed by atoms with Gasteiger partial charge in [0.15, 0.2) is 5.82 Å². The Morgan fingerprint density at radius 2 is 2.00 bits per heavy atom. The number of hydrogen-bond donors (Lipinski definition) is 2. The van der Waals surface area contributed by atoms with Gasteiger partial charge in [0.2, 0.25) is 10.0 Å². The summed E-state index contributed by atoms with van der Waals surface area (Å²) in [5.74, 6) is -1.88. The highest BCUT2D eigenvalue weighted by atomic mass is 32.2. The molecule has 1 aromatic rings. The Balaban J connectivity index is 2.78. The molecule has 16 heavy (non-hydrogen) atoms. The highest BCUT2D eigenvalue weighted by Gasteiger charge is 2.11. The molecular weight excluding hydrogens is 238 g/mol. The maximum atomic E-state index is 13.4. The predicted molar refractivity (Wildman–Crippen MR) is 57.6 cm³/mol. The van der Waals surface area contributed by atoms with Gasteiger partial charge in [-0.1, -0.05) is 6.07 Å². The number of anilines is 1. The summed E-state index contributed by atoms with van der Waals surface area (Å²) in [4.78, 5) is 0. The first-order valence-electron chi connectivity index (χ1n) is 4.50. The lowest BCUT2D eigenvalue weighted by molar-refractivity contribution is 0.581. The zero-order chi connectivity index (χ0) is 12.3. The average Bonchev–Trinajstić information content (AvgIpc) is 2.16. The van der Waals surface area contributed by atoms with E-state index in [0.717, 1.165) is 6.07 Å². The topological polar surface area (TPSA) is 72.2 Å². The van der Waals surface area contributed by atoms with Crippen molar-refractivity contribution < 1.29 is 17.2 Å². The van der Waals surface area contributed by atoms with Crippen LogP contribution in [0.4, 0.5) is 14.5 Å². The van der Waals surface area contributed by atoms with Crippen molar-refractivity contribution in [2.75, 3.05) is 17.6 Å². The summed E-state index contributed by atoms with van der Waals surface area (Å²) in [6.07, 6.45) is 0. The highest BCUT2D eigenvalue weighted by Crippen LogP contribution is 2.21. The van der Waals surface area contributed by atoms with Gasteiger partial charge in [0, 0.05) is 6.54 Å². The Morgan fingerprint density at radius 1 is 1.38 bits per heavy atom. The molecule has 0 heterocycles. The van der Waals surface area contributed by atoms with Gasteiger partial charge < -0.3 is 5.32 Å². The van der Waals surface area contributed by atoms with E-state index in [0.29, 0.717) is 0 Å². The normalized spacial score (nSPS) is 11.5. The average molecular weight is 250 g/mol. The van der Waals surface area contributed by atoms with Crippen LogP contribution in [0.2, 0.25) is 0 Å². The second kappa shape index (κ2) is 4.75. The number of nitrogens with one attached hydrogen (secondary N) is 1. The first-order valence-corrected chi connectivity index (χ1v) is 6.22. The van der Waals surface area contributed by atoms with Gasteiger partial charge in [0.1, 0.15) is 11.5 Å². The molecular formula is C9H12F2N2O2S. The lowest BCUT2D eigenvalue weighted by atomic mass is 10.2. The first-order chi connectivity index (χ1) is 7.31. The van der Waals surface area contributed by atoms with Crippen molar-refractivity contribution in [3.63, 3.8) is 0 Å². The summed E-state index contributed by atoms with van der Waals surface area (Å²) in [7, 11) is -3.64. The van der Waals surface area contributed by atoms with Gasteiger partial charge >= 0.3 is 0 Å². The number of primary sulfonamides is 1. The van der Waals surface area contributed by atoms with Crippen molar-refractivity contribution in [3.05, 3.63) is 29.3 Å². The van der Waals surface area contributed by atoms with Crippen LogP contribution < -0.4 is 10.5 Å². The fraction of sp³-hybridized carbons (Fsp3) is 0.333. The van der Waals surface area contributed by atoms with Gasteiger partial charge in [-0.05, 0) is 18.6 Å². The van der Waals surface area contributed by atoms with E-state index in [9.17, 15) is 17.2 Å². The van der Waals surface area contributed by atoms with Crippen LogP contribution in [0.25, 0.3) is 0 Å². The van der Waals surface area contributed by atoms with E-state index in [-0.39, 0.29) is 23.5 Å². The van der Waals surface area contributed by atoms with Crippen LogP contribution in [0, 0.1) is 18.6 Å². The number of benzene rings is 1. The van der Waals surface area contributed by atoms with Crippen LogP contribution in [0.3, 0.4) is 0 Å². The molecule has 90 valence electrons. The predicted octanol–water partition coefficient (Wildman–Crippen LogP) is 0.974. The lowest BCUT2D eigenvalue weighted by Gasteiger charge is -2.09. The van der Waals surface area contributed by atoms with Crippen molar-refractivity contribution in [2.45, 2.75) is 6.92 Å². The summed E-state index contributed by atoms with van der Waals surface area (Å²) >= 11 is 0. The van der Waals surface area contributed by atoms with Gasteiger partial charge in [0.25, 0.3) is 0 Å². The van der Waals surface area contributed by atoms with Crippen molar-refractivity contribution in [1.82, 2.24) is 0 Å². The van der Waals surface area contributed by atoms with Crippen molar-refractivity contribution >= 4 is 15.7 Å². The fourth-order valence-electron chi connectivity index (χ4n) is 1.14. The SMILES string of the molecule is Cc1ccc(F)c(NCCS(N)(=O)=O)c1F. The second-order valence-corrected chi connectivity index (χ2v) is 5.08. The van der Waals surface area contributed by atoms with E-state index in [2.05, 4.69) is 5.32 Å². The third kappa shape index (κ3) is 3.42. The Hall–Kier alpha value is -1.21. The number of nitrogens with two attached hydrogens (primary N) is 1. The molecule has 1 aromatic carbocycles. The van der Waals surface area contributed by atoms with Gasteiger partial charge in [-0.3, -0.25) is 0 Å². The zero-order valence-electron chi connectivity index (χ0n) is 8.63. The highest BCUT2D eigenvalue weighted by molar-refractivity contribution is 7.89. The Morgan fingerprint density at radius 3 is 2.56 bits per heavy atom. The molecule has 0 aromatic heterocycles. The molecule has 0 atom stereocenters. The van der Waals surface area contributed by atoms with Crippen LogP contribution in [-0.2, 0) is 10.0 Å². The molecule has 0 amide bonds. The number of hydrogen-bond acceptors (Lipinski definition) is 3. The Bertz CT molecular complexity index is 489. The van der Waals surface area contributed by atoms with Crippen LogP contribution >= 0.6 is 0 Å². The van der Waals surface area contributed by atoms with E-state index >= 15 is 0 Å². The summed E-state index contributed by atoms with van der Waals surface area (Å²) in [5, 5.41) is 7.12. The molecule has 0 saturated carbocycles. The minimum absolute atomic E-state index is 0.143. The molecule has 0 bridgehead atoms. The number of sulfonamides is 1. The van der Waals surface area contributed by atoms with Crippen LogP contribution in [0.15, 0.2) is 12.1 Å². The number of rotatable bonds is 4. The molecule has 3 N–H and O–H groups in total. The monoisotopic (exact) mass is 250 g/mol. The molecule has 0 unspecified atom stereocenters. The third-order valence-corrected chi connectivity index (χ3v) is 2.75. The minimum atomic E-state index is -3.64.